The normalized spacial score (nSPS) is 11.0. The van der Waals surface area contributed by atoms with Crippen LogP contribution in [0.4, 0.5) is 0 Å². The molecule has 1 aromatic heterocycles. The molecule has 0 aliphatic carbocycles. The summed E-state index contributed by atoms with van der Waals surface area (Å²) in [5.41, 5.74) is 8.06. The lowest BCUT2D eigenvalue weighted by molar-refractivity contribution is 0.0955. The molecule has 4 aromatic rings. The number of rotatable bonds is 9. The number of aryl methyl sites for hydroxylation is 1. The van der Waals surface area contributed by atoms with Crippen LogP contribution in [0, 0.1) is 6.92 Å². The van der Waals surface area contributed by atoms with Gasteiger partial charge in [-0.15, -0.1) is 0 Å². The Morgan fingerprint density at radius 3 is 2.39 bits per heavy atom. The first-order chi connectivity index (χ1) is 17.5. The predicted molar refractivity (Wildman–Crippen MR) is 145 cm³/mol. The molecule has 0 radical (unpaired) electrons. The van der Waals surface area contributed by atoms with Crippen molar-refractivity contribution in [3.05, 3.63) is 101 Å². The summed E-state index contributed by atoms with van der Waals surface area (Å²) in [4.78, 5) is 12.7. The zero-order valence-electron chi connectivity index (χ0n) is 20.5. The van der Waals surface area contributed by atoms with E-state index in [4.69, 9.17) is 21.1 Å². The number of hydrogen-bond donors (Lipinski definition) is 1. The largest absolute Gasteiger partial charge is 0.490 e. The fourth-order valence-corrected chi connectivity index (χ4v) is 4.19. The maximum Gasteiger partial charge on any atom is 0.271 e. The van der Waals surface area contributed by atoms with E-state index in [2.05, 4.69) is 46.3 Å². The van der Waals surface area contributed by atoms with Crippen molar-refractivity contribution >= 4 is 23.7 Å². The first-order valence-corrected chi connectivity index (χ1v) is 12.2. The van der Waals surface area contributed by atoms with Gasteiger partial charge < -0.3 is 14.0 Å². The molecule has 0 saturated carbocycles. The van der Waals surface area contributed by atoms with Crippen LogP contribution in [-0.2, 0) is 0 Å². The highest BCUT2D eigenvalue weighted by Crippen LogP contribution is 2.36. The number of halogens is 1. The van der Waals surface area contributed by atoms with Crippen molar-refractivity contribution in [2.24, 2.45) is 5.10 Å². The Hall–Kier alpha value is -4.03. The van der Waals surface area contributed by atoms with Crippen LogP contribution in [0.15, 0.2) is 84.0 Å². The third-order valence-electron chi connectivity index (χ3n) is 5.53. The Bertz CT molecular complexity index is 1360. The number of carbonyl (C=O) groups excluding carboxylic acids is 1. The molecule has 0 saturated heterocycles. The second-order valence-electron chi connectivity index (χ2n) is 8.00. The Kier molecular flexibility index (Phi) is 8.08. The van der Waals surface area contributed by atoms with Gasteiger partial charge in [-0.2, -0.15) is 5.10 Å². The number of ether oxygens (including phenoxy) is 2. The fourth-order valence-electron chi connectivity index (χ4n) is 3.92. The number of carbonyl (C=O) groups is 1. The lowest BCUT2D eigenvalue weighted by Crippen LogP contribution is -2.17. The average molecular weight is 502 g/mol. The van der Waals surface area contributed by atoms with E-state index in [9.17, 15) is 4.79 Å². The topological polar surface area (TPSA) is 64.8 Å². The lowest BCUT2D eigenvalue weighted by atomic mass is 10.1. The third kappa shape index (κ3) is 5.61. The van der Waals surface area contributed by atoms with E-state index in [-0.39, 0.29) is 5.91 Å². The number of nitrogens with one attached hydrogen (secondary N) is 1. The molecule has 6 nitrogen and oxygen atoms in total. The Labute approximate surface area is 216 Å². The summed E-state index contributed by atoms with van der Waals surface area (Å²) < 4.78 is 13.4. The minimum Gasteiger partial charge on any atom is -0.490 e. The smallest absolute Gasteiger partial charge is 0.271 e. The van der Waals surface area contributed by atoms with Gasteiger partial charge in [0.2, 0.25) is 0 Å². The quantitative estimate of drug-likeness (QED) is 0.206. The van der Waals surface area contributed by atoms with Crippen LogP contribution in [0.25, 0.3) is 16.9 Å². The molecule has 7 heteroatoms. The molecule has 36 heavy (non-hydrogen) atoms. The Morgan fingerprint density at radius 2 is 1.69 bits per heavy atom. The molecule has 1 N–H and O–H groups in total. The highest BCUT2D eigenvalue weighted by molar-refractivity contribution is 6.32. The van der Waals surface area contributed by atoms with Crippen LogP contribution in [0.1, 0.15) is 35.5 Å². The number of hydrazone groups is 1. The van der Waals surface area contributed by atoms with Gasteiger partial charge in [0, 0.05) is 16.9 Å². The first kappa shape index (κ1) is 25.1. The summed E-state index contributed by atoms with van der Waals surface area (Å²) in [7, 11) is 0. The molecule has 0 atom stereocenters. The second-order valence-corrected chi connectivity index (χ2v) is 8.41. The number of aromatic nitrogens is 1. The SMILES string of the molecule is CCOc1cc(/C=N/NC(=O)c2ccc(-n3c(C)ccc3-c3ccccc3)cc2)cc(Cl)c1OCC. The van der Waals surface area contributed by atoms with Gasteiger partial charge in [-0.05, 0) is 80.4 Å². The molecular weight excluding hydrogens is 474 g/mol. The fraction of sp³-hybridized carbons (Fsp3) is 0.172. The molecule has 0 spiro atoms. The molecule has 0 fully saturated rings. The van der Waals surface area contributed by atoms with Gasteiger partial charge in [-0.25, -0.2) is 5.43 Å². The zero-order valence-corrected chi connectivity index (χ0v) is 21.3. The van der Waals surface area contributed by atoms with Crippen molar-refractivity contribution in [3.63, 3.8) is 0 Å². The highest BCUT2D eigenvalue weighted by atomic mass is 35.5. The molecular formula is C29H28ClN3O3. The molecule has 0 aliphatic rings. The van der Waals surface area contributed by atoms with Gasteiger partial charge >= 0.3 is 0 Å². The van der Waals surface area contributed by atoms with E-state index in [1.54, 1.807) is 24.3 Å². The van der Waals surface area contributed by atoms with Gasteiger partial charge in [0.15, 0.2) is 11.5 Å². The maximum absolute atomic E-state index is 12.7. The standard InChI is InChI=1S/C29H28ClN3O3/c1-4-35-27-18-21(17-25(30)28(27)36-5-2)19-31-32-29(34)23-12-14-24(15-13-23)33-20(3)11-16-26(33)22-9-7-6-8-10-22/h6-19H,4-5H2,1-3H3,(H,32,34)/b31-19+. The average Bonchev–Trinajstić information content (AvgIpc) is 3.28. The summed E-state index contributed by atoms with van der Waals surface area (Å²) >= 11 is 6.35. The van der Waals surface area contributed by atoms with Crippen LogP contribution in [0.3, 0.4) is 0 Å². The van der Waals surface area contributed by atoms with Crippen molar-refractivity contribution < 1.29 is 14.3 Å². The summed E-state index contributed by atoms with van der Waals surface area (Å²) in [6.07, 6.45) is 1.52. The van der Waals surface area contributed by atoms with Crippen molar-refractivity contribution in [2.45, 2.75) is 20.8 Å². The first-order valence-electron chi connectivity index (χ1n) is 11.8. The minimum absolute atomic E-state index is 0.313. The number of benzene rings is 3. The summed E-state index contributed by atoms with van der Waals surface area (Å²) in [6.45, 7) is 6.77. The van der Waals surface area contributed by atoms with Gasteiger partial charge in [0.25, 0.3) is 5.91 Å². The maximum atomic E-state index is 12.7. The predicted octanol–water partition coefficient (Wildman–Crippen LogP) is 6.67. The zero-order chi connectivity index (χ0) is 25.5. The molecule has 0 bridgehead atoms. The number of amides is 1. The van der Waals surface area contributed by atoms with Crippen LogP contribution in [0.5, 0.6) is 11.5 Å². The molecule has 0 unspecified atom stereocenters. The molecule has 1 amide bonds. The van der Waals surface area contributed by atoms with Crippen molar-refractivity contribution in [3.8, 4) is 28.4 Å². The molecule has 1 heterocycles. The highest BCUT2D eigenvalue weighted by Gasteiger charge is 2.13. The molecule has 4 rings (SSSR count). The second kappa shape index (κ2) is 11.6. The van der Waals surface area contributed by atoms with Gasteiger partial charge in [0.1, 0.15) is 0 Å². The van der Waals surface area contributed by atoms with E-state index >= 15 is 0 Å². The number of nitrogens with zero attached hydrogens (tertiary/aromatic N) is 2. The monoisotopic (exact) mass is 501 g/mol. The Morgan fingerprint density at radius 1 is 0.972 bits per heavy atom. The molecule has 3 aromatic carbocycles. The van der Waals surface area contributed by atoms with Gasteiger partial charge in [-0.3, -0.25) is 4.79 Å². The van der Waals surface area contributed by atoms with E-state index in [0.29, 0.717) is 40.9 Å². The van der Waals surface area contributed by atoms with E-state index in [1.165, 1.54) is 6.21 Å². The summed E-state index contributed by atoms with van der Waals surface area (Å²) in [6, 6.07) is 25.3. The lowest BCUT2D eigenvalue weighted by Gasteiger charge is -2.13. The van der Waals surface area contributed by atoms with Gasteiger partial charge in [0.05, 0.1) is 30.1 Å². The third-order valence-corrected chi connectivity index (χ3v) is 5.81. The molecule has 184 valence electrons. The van der Waals surface area contributed by atoms with Crippen LogP contribution >= 0.6 is 11.6 Å². The van der Waals surface area contributed by atoms with E-state index in [1.807, 2.05) is 44.2 Å². The summed E-state index contributed by atoms with van der Waals surface area (Å²) in [5, 5.41) is 4.51. The van der Waals surface area contributed by atoms with Crippen molar-refractivity contribution in [1.29, 1.82) is 0 Å². The van der Waals surface area contributed by atoms with Gasteiger partial charge in [-0.1, -0.05) is 41.9 Å². The van der Waals surface area contributed by atoms with Crippen LogP contribution in [0.2, 0.25) is 5.02 Å². The van der Waals surface area contributed by atoms with Crippen molar-refractivity contribution in [1.82, 2.24) is 9.99 Å². The van der Waals surface area contributed by atoms with E-state index in [0.717, 1.165) is 22.6 Å². The molecule has 0 aliphatic heterocycles. The van der Waals surface area contributed by atoms with E-state index < -0.39 is 0 Å². The summed E-state index contributed by atoms with van der Waals surface area (Å²) in [5.74, 6) is 0.716. The minimum atomic E-state index is -0.313. The number of hydrogen-bond acceptors (Lipinski definition) is 4. The van der Waals surface area contributed by atoms with Crippen LogP contribution in [-0.4, -0.2) is 29.9 Å². The van der Waals surface area contributed by atoms with Crippen molar-refractivity contribution in [2.75, 3.05) is 13.2 Å². The Balaban J connectivity index is 1.48. The van der Waals surface area contributed by atoms with Crippen LogP contribution < -0.4 is 14.9 Å².